The van der Waals surface area contributed by atoms with E-state index in [4.69, 9.17) is 9.47 Å². The monoisotopic (exact) mass is 384 g/mol. The third kappa shape index (κ3) is 3.65. The fourth-order valence-electron chi connectivity index (χ4n) is 3.42. The van der Waals surface area contributed by atoms with Crippen LogP contribution in [0.2, 0.25) is 0 Å². The molecule has 1 saturated heterocycles. The van der Waals surface area contributed by atoms with Crippen LogP contribution in [-0.4, -0.2) is 42.5 Å². The maximum Gasteiger partial charge on any atom is 0.311 e. The Balaban J connectivity index is 1.63. The molecular weight excluding hydrogens is 360 g/mol. The van der Waals surface area contributed by atoms with E-state index >= 15 is 0 Å². The minimum atomic E-state index is -0.608. The molecule has 7 heteroatoms. The zero-order valence-corrected chi connectivity index (χ0v) is 16.5. The molecule has 0 spiro atoms. The van der Waals surface area contributed by atoms with Crippen molar-refractivity contribution in [3.05, 3.63) is 47.3 Å². The third-order valence-corrected chi connectivity index (χ3v) is 5.26. The van der Waals surface area contributed by atoms with Gasteiger partial charge in [0.2, 0.25) is 11.7 Å². The highest BCUT2D eigenvalue weighted by molar-refractivity contribution is 6.02. The van der Waals surface area contributed by atoms with Gasteiger partial charge in [-0.25, -0.2) is 0 Å². The van der Waals surface area contributed by atoms with E-state index in [0.29, 0.717) is 17.0 Å². The van der Waals surface area contributed by atoms with Crippen LogP contribution in [0.25, 0.3) is 0 Å². The summed E-state index contributed by atoms with van der Waals surface area (Å²) in [6.07, 6.45) is 0.0501. The Bertz CT molecular complexity index is 931. The summed E-state index contributed by atoms with van der Waals surface area (Å²) < 4.78 is 12.4. The molecule has 0 unspecified atom stereocenters. The first-order valence-electron chi connectivity index (χ1n) is 9.09. The van der Waals surface area contributed by atoms with Crippen LogP contribution >= 0.6 is 0 Å². The molecule has 1 aromatic carbocycles. The molecule has 28 heavy (non-hydrogen) atoms. The van der Waals surface area contributed by atoms with Gasteiger partial charge in [-0.05, 0) is 32.0 Å². The normalized spacial score (nSPS) is 16.4. The number of nitrogens with zero attached hydrogens (tertiary/aromatic N) is 2. The topological polar surface area (TPSA) is 77.8 Å². The zero-order chi connectivity index (χ0) is 20.4. The highest BCUT2D eigenvalue weighted by atomic mass is 16.5. The molecule has 1 fully saturated rings. The van der Waals surface area contributed by atoms with Gasteiger partial charge < -0.3 is 18.9 Å². The first-order chi connectivity index (χ1) is 13.3. The lowest BCUT2D eigenvalue weighted by Gasteiger charge is -2.19. The summed E-state index contributed by atoms with van der Waals surface area (Å²) in [5, 5.41) is 0. The number of amides is 1. The average Bonchev–Trinajstić information content (AvgIpc) is 3.20. The fraction of sp³-hybridized carbons (Fsp3) is 0.381. The second-order valence-corrected chi connectivity index (χ2v) is 6.95. The highest BCUT2D eigenvalue weighted by Crippen LogP contribution is 2.33. The molecule has 1 aromatic heterocycles. The lowest BCUT2D eigenvalue weighted by atomic mass is 10.1. The van der Waals surface area contributed by atoms with Crippen LogP contribution in [0.5, 0.6) is 5.75 Å². The molecule has 1 amide bonds. The van der Waals surface area contributed by atoms with Crippen LogP contribution in [-0.2, 0) is 21.4 Å². The van der Waals surface area contributed by atoms with Crippen molar-refractivity contribution in [2.75, 3.05) is 25.2 Å². The van der Waals surface area contributed by atoms with E-state index in [1.165, 1.54) is 12.0 Å². The molecule has 1 atom stereocenters. The predicted molar refractivity (Wildman–Crippen MR) is 104 cm³/mol. The molecule has 2 heterocycles. The Kier molecular flexibility index (Phi) is 5.53. The third-order valence-electron chi connectivity index (χ3n) is 5.26. The number of aryl methyl sites for hydroxylation is 1. The molecule has 1 aliphatic heterocycles. The van der Waals surface area contributed by atoms with E-state index in [1.54, 1.807) is 24.3 Å². The molecule has 0 N–H and O–H groups in total. The van der Waals surface area contributed by atoms with Gasteiger partial charge in [-0.3, -0.25) is 14.4 Å². The number of carbonyl (C=O) groups is 3. The summed E-state index contributed by atoms with van der Waals surface area (Å²) >= 11 is 0. The first kappa shape index (κ1) is 19.7. The lowest BCUT2D eigenvalue weighted by Crippen LogP contribution is -2.27. The smallest absolute Gasteiger partial charge is 0.311 e. The number of hydrogen-bond acceptors (Lipinski definition) is 5. The molecule has 0 saturated carbocycles. The summed E-state index contributed by atoms with van der Waals surface area (Å²) in [5.74, 6) is -1.00. The number of carbonyl (C=O) groups excluding carboxylic acids is 3. The number of hydrogen-bond donors (Lipinski definition) is 0. The number of Topliss-reactive ketones (excluding diaryl/α,β-unsaturated/α-hetero) is 1. The minimum absolute atomic E-state index is 0.0501. The van der Waals surface area contributed by atoms with Gasteiger partial charge in [-0.2, -0.15) is 0 Å². The van der Waals surface area contributed by atoms with Crippen LogP contribution in [0.4, 0.5) is 5.69 Å². The van der Waals surface area contributed by atoms with Crippen LogP contribution < -0.4 is 9.64 Å². The van der Waals surface area contributed by atoms with E-state index in [1.807, 2.05) is 31.5 Å². The summed E-state index contributed by atoms with van der Waals surface area (Å²) in [5.41, 5.74) is 2.96. The van der Waals surface area contributed by atoms with E-state index < -0.39 is 11.9 Å². The Hall–Kier alpha value is -3.09. The summed E-state index contributed by atoms with van der Waals surface area (Å²) in [7, 11) is 3.41. The average molecular weight is 384 g/mol. The van der Waals surface area contributed by atoms with Crippen molar-refractivity contribution in [3.8, 4) is 5.75 Å². The zero-order valence-electron chi connectivity index (χ0n) is 16.5. The number of ketones is 1. The standard InChI is InChI=1S/C21H24N2O5/c1-13-9-16(14(2)22(13)3)18(24)12-28-21(26)15-10-20(25)23(11-15)17-7-5-6-8-19(17)27-4/h5-9,15H,10-12H2,1-4H3/t15-/m1/s1. The number of methoxy groups -OCH3 is 1. The Morgan fingerprint density at radius 3 is 2.57 bits per heavy atom. The number of rotatable bonds is 6. The lowest BCUT2D eigenvalue weighted by molar-refractivity contribution is -0.147. The van der Waals surface area contributed by atoms with Crippen molar-refractivity contribution < 1.29 is 23.9 Å². The van der Waals surface area contributed by atoms with Crippen molar-refractivity contribution >= 4 is 23.3 Å². The first-order valence-corrected chi connectivity index (χ1v) is 9.09. The molecule has 148 valence electrons. The van der Waals surface area contributed by atoms with Gasteiger partial charge in [-0.1, -0.05) is 12.1 Å². The number of esters is 1. The molecule has 2 aromatic rings. The molecule has 0 aliphatic carbocycles. The van der Waals surface area contributed by atoms with Crippen LogP contribution in [0.1, 0.15) is 28.2 Å². The van der Waals surface area contributed by atoms with Crippen molar-refractivity contribution in [2.24, 2.45) is 13.0 Å². The van der Waals surface area contributed by atoms with Crippen molar-refractivity contribution in [3.63, 3.8) is 0 Å². The van der Waals surface area contributed by atoms with Crippen LogP contribution in [0.3, 0.4) is 0 Å². The molecule has 0 radical (unpaired) electrons. The van der Waals surface area contributed by atoms with Crippen molar-refractivity contribution in [2.45, 2.75) is 20.3 Å². The van der Waals surface area contributed by atoms with E-state index in [0.717, 1.165) is 11.4 Å². The van der Waals surface area contributed by atoms with Gasteiger partial charge >= 0.3 is 5.97 Å². The van der Waals surface area contributed by atoms with Crippen molar-refractivity contribution in [1.82, 2.24) is 4.57 Å². The highest BCUT2D eigenvalue weighted by Gasteiger charge is 2.37. The Morgan fingerprint density at radius 1 is 1.21 bits per heavy atom. The summed E-state index contributed by atoms with van der Waals surface area (Å²) in [4.78, 5) is 38.7. The number of anilines is 1. The molecule has 7 nitrogen and oxygen atoms in total. The van der Waals surface area contributed by atoms with Gasteiger partial charge in [0.15, 0.2) is 6.61 Å². The summed E-state index contributed by atoms with van der Waals surface area (Å²) in [6.45, 7) is 3.63. The number of benzene rings is 1. The van der Waals surface area contributed by atoms with E-state index in [-0.39, 0.29) is 31.3 Å². The van der Waals surface area contributed by atoms with Crippen LogP contribution in [0, 0.1) is 19.8 Å². The number of para-hydroxylation sites is 2. The maximum absolute atomic E-state index is 12.4. The SMILES string of the molecule is COc1ccccc1N1C[C@H](C(=O)OCC(=O)c2cc(C)n(C)c2C)CC1=O. The van der Waals surface area contributed by atoms with Gasteiger partial charge in [0.05, 0.1) is 18.7 Å². The Labute approximate surface area is 163 Å². The number of ether oxygens (including phenoxy) is 2. The van der Waals surface area contributed by atoms with Crippen molar-refractivity contribution in [1.29, 1.82) is 0 Å². The van der Waals surface area contributed by atoms with Crippen LogP contribution in [0.15, 0.2) is 30.3 Å². The predicted octanol–water partition coefficient (Wildman–Crippen LogP) is 2.43. The van der Waals surface area contributed by atoms with Gasteiger partial charge in [0.25, 0.3) is 0 Å². The fourth-order valence-corrected chi connectivity index (χ4v) is 3.42. The van der Waals surface area contributed by atoms with Gasteiger partial charge in [-0.15, -0.1) is 0 Å². The van der Waals surface area contributed by atoms with E-state index in [9.17, 15) is 14.4 Å². The maximum atomic E-state index is 12.4. The Morgan fingerprint density at radius 2 is 1.93 bits per heavy atom. The summed E-state index contributed by atoms with van der Waals surface area (Å²) in [6, 6.07) is 8.94. The van der Waals surface area contributed by atoms with E-state index in [2.05, 4.69) is 0 Å². The largest absolute Gasteiger partial charge is 0.495 e. The van der Waals surface area contributed by atoms with Gasteiger partial charge in [0.1, 0.15) is 5.75 Å². The van der Waals surface area contributed by atoms with Gasteiger partial charge in [0, 0.05) is 37.0 Å². The second kappa shape index (κ2) is 7.88. The molecule has 1 aliphatic rings. The number of aromatic nitrogens is 1. The quantitative estimate of drug-likeness (QED) is 0.565. The minimum Gasteiger partial charge on any atom is -0.495 e. The molecular formula is C21H24N2O5. The molecule has 0 bridgehead atoms. The second-order valence-electron chi connectivity index (χ2n) is 6.95. The molecule has 3 rings (SSSR count).